The first-order chi connectivity index (χ1) is 14.1. The Morgan fingerprint density at radius 1 is 1.10 bits per heavy atom. The van der Waals surface area contributed by atoms with Crippen molar-refractivity contribution in [1.82, 2.24) is 19.9 Å². The van der Waals surface area contributed by atoms with Gasteiger partial charge in [-0.2, -0.15) is 4.98 Å². The van der Waals surface area contributed by atoms with Gasteiger partial charge in [-0.05, 0) is 37.1 Å². The summed E-state index contributed by atoms with van der Waals surface area (Å²) in [6.45, 7) is 4.17. The molecule has 0 unspecified atom stereocenters. The highest BCUT2D eigenvalue weighted by atomic mass is 16.5. The fraction of sp³-hybridized carbons (Fsp3) is 0.286. The molecule has 0 aliphatic rings. The Morgan fingerprint density at radius 3 is 2.62 bits per heavy atom. The topological polar surface area (TPSA) is 99.1 Å². The van der Waals surface area contributed by atoms with Crippen LogP contribution in [0.3, 0.4) is 0 Å². The lowest BCUT2D eigenvalue weighted by molar-refractivity contribution is -0.143. The van der Waals surface area contributed by atoms with E-state index in [9.17, 15) is 4.79 Å². The quantitative estimate of drug-likeness (QED) is 0.581. The van der Waals surface area contributed by atoms with Crippen LogP contribution in [-0.2, 0) is 16.0 Å². The van der Waals surface area contributed by atoms with Crippen LogP contribution in [0, 0.1) is 6.92 Å². The highest BCUT2D eigenvalue weighted by Crippen LogP contribution is 2.25. The van der Waals surface area contributed by atoms with E-state index in [4.69, 9.17) is 9.47 Å². The molecular formula is C21H23N5O3. The fourth-order valence-corrected chi connectivity index (χ4v) is 2.75. The monoisotopic (exact) mass is 393 g/mol. The SMILES string of the molecule is CCOC(=O)CCc1ncc(-c2cc(C)cc(Nc3nccc(OC)n3)c2)cn1. The minimum absolute atomic E-state index is 0.241. The first kappa shape index (κ1) is 20.2. The zero-order chi connectivity index (χ0) is 20.6. The van der Waals surface area contributed by atoms with Gasteiger partial charge in [0.15, 0.2) is 0 Å². The number of nitrogens with one attached hydrogen (secondary N) is 1. The fourth-order valence-electron chi connectivity index (χ4n) is 2.75. The predicted octanol–water partition coefficient (Wildman–Crippen LogP) is 3.49. The lowest BCUT2D eigenvalue weighted by Gasteiger charge is -2.10. The van der Waals surface area contributed by atoms with Gasteiger partial charge in [0.05, 0.1) is 20.1 Å². The van der Waals surface area contributed by atoms with Gasteiger partial charge in [-0.3, -0.25) is 4.79 Å². The number of esters is 1. The number of carbonyl (C=O) groups is 1. The summed E-state index contributed by atoms with van der Waals surface area (Å²) in [6, 6.07) is 7.72. The van der Waals surface area contributed by atoms with Crippen molar-refractivity contribution in [3.63, 3.8) is 0 Å². The molecule has 8 nitrogen and oxygen atoms in total. The summed E-state index contributed by atoms with van der Waals surface area (Å²) in [4.78, 5) is 28.7. The third-order valence-corrected chi connectivity index (χ3v) is 4.07. The van der Waals surface area contributed by atoms with E-state index in [1.807, 2.05) is 19.1 Å². The average molecular weight is 393 g/mol. The van der Waals surface area contributed by atoms with E-state index in [2.05, 4.69) is 31.3 Å². The normalized spacial score (nSPS) is 10.4. The number of anilines is 2. The number of carbonyl (C=O) groups excluding carboxylic acids is 1. The van der Waals surface area contributed by atoms with E-state index in [0.29, 0.717) is 30.7 Å². The number of hydrogen-bond donors (Lipinski definition) is 1. The van der Waals surface area contributed by atoms with Crippen molar-refractivity contribution in [3.05, 3.63) is 54.2 Å². The number of aryl methyl sites for hydroxylation is 2. The largest absolute Gasteiger partial charge is 0.481 e. The van der Waals surface area contributed by atoms with Crippen LogP contribution in [0.15, 0.2) is 42.9 Å². The molecule has 0 saturated carbocycles. The second-order valence-electron chi connectivity index (χ2n) is 6.33. The molecule has 8 heteroatoms. The summed E-state index contributed by atoms with van der Waals surface area (Å²) < 4.78 is 10.1. The maximum absolute atomic E-state index is 11.5. The van der Waals surface area contributed by atoms with Gasteiger partial charge in [0.2, 0.25) is 11.8 Å². The lowest BCUT2D eigenvalue weighted by Crippen LogP contribution is -2.06. The van der Waals surface area contributed by atoms with Crippen LogP contribution in [0.1, 0.15) is 24.7 Å². The standard InChI is InChI=1S/C21H23N5O3/c1-4-29-20(27)6-5-18-23-12-16(13-24-18)15-9-14(2)10-17(11-15)25-21-22-8-7-19(26-21)28-3/h7-13H,4-6H2,1-3H3,(H,22,25,26). The number of nitrogens with zero attached hydrogens (tertiary/aromatic N) is 4. The summed E-state index contributed by atoms with van der Waals surface area (Å²) >= 11 is 0. The van der Waals surface area contributed by atoms with Crippen LogP contribution in [0.4, 0.5) is 11.6 Å². The molecule has 150 valence electrons. The van der Waals surface area contributed by atoms with Gasteiger partial charge in [0, 0.05) is 42.3 Å². The summed E-state index contributed by atoms with van der Waals surface area (Å²) in [6.07, 6.45) is 5.87. The molecule has 0 spiro atoms. The summed E-state index contributed by atoms with van der Waals surface area (Å²) in [5.74, 6) is 1.31. The number of benzene rings is 1. The minimum Gasteiger partial charge on any atom is -0.481 e. The molecule has 0 fully saturated rings. The molecule has 0 bridgehead atoms. The molecule has 0 saturated heterocycles. The molecular weight excluding hydrogens is 370 g/mol. The van der Waals surface area contributed by atoms with Gasteiger partial charge >= 0.3 is 5.97 Å². The number of methoxy groups -OCH3 is 1. The Labute approximate surface area is 169 Å². The van der Waals surface area contributed by atoms with Gasteiger partial charge in [-0.15, -0.1) is 0 Å². The molecule has 3 aromatic rings. The number of ether oxygens (including phenoxy) is 2. The van der Waals surface area contributed by atoms with Crippen LogP contribution in [0.25, 0.3) is 11.1 Å². The van der Waals surface area contributed by atoms with Crippen LogP contribution in [-0.4, -0.2) is 39.6 Å². The highest BCUT2D eigenvalue weighted by molar-refractivity contribution is 5.70. The van der Waals surface area contributed by atoms with Gasteiger partial charge in [-0.25, -0.2) is 15.0 Å². The molecule has 2 heterocycles. The first-order valence-corrected chi connectivity index (χ1v) is 9.30. The maximum atomic E-state index is 11.5. The Hall–Kier alpha value is -3.55. The zero-order valence-corrected chi connectivity index (χ0v) is 16.7. The minimum atomic E-state index is -0.241. The third-order valence-electron chi connectivity index (χ3n) is 4.07. The van der Waals surface area contributed by atoms with E-state index >= 15 is 0 Å². The van der Waals surface area contributed by atoms with E-state index < -0.39 is 0 Å². The molecule has 3 rings (SSSR count). The molecule has 0 radical (unpaired) electrons. The van der Waals surface area contributed by atoms with Crippen LogP contribution in [0.2, 0.25) is 0 Å². The highest BCUT2D eigenvalue weighted by Gasteiger charge is 2.08. The Kier molecular flexibility index (Phi) is 6.67. The smallest absolute Gasteiger partial charge is 0.306 e. The molecule has 0 aliphatic heterocycles. The van der Waals surface area contributed by atoms with E-state index in [0.717, 1.165) is 22.4 Å². The summed E-state index contributed by atoms with van der Waals surface area (Å²) in [7, 11) is 1.56. The Bertz CT molecular complexity index is 976. The third kappa shape index (κ3) is 5.71. The number of rotatable bonds is 8. The summed E-state index contributed by atoms with van der Waals surface area (Å²) in [5, 5.41) is 3.19. The molecule has 29 heavy (non-hydrogen) atoms. The van der Waals surface area contributed by atoms with Crippen LogP contribution < -0.4 is 10.1 Å². The van der Waals surface area contributed by atoms with Crippen molar-refractivity contribution >= 4 is 17.6 Å². The van der Waals surface area contributed by atoms with Gasteiger partial charge in [0.1, 0.15) is 5.82 Å². The predicted molar refractivity (Wildman–Crippen MR) is 109 cm³/mol. The van der Waals surface area contributed by atoms with Crippen molar-refractivity contribution in [2.75, 3.05) is 19.0 Å². The molecule has 1 N–H and O–H groups in total. The molecule has 2 aromatic heterocycles. The van der Waals surface area contributed by atoms with Crippen molar-refractivity contribution in [2.24, 2.45) is 0 Å². The van der Waals surface area contributed by atoms with Gasteiger partial charge in [-0.1, -0.05) is 6.07 Å². The van der Waals surface area contributed by atoms with Crippen molar-refractivity contribution < 1.29 is 14.3 Å². The van der Waals surface area contributed by atoms with E-state index in [1.54, 1.807) is 38.7 Å². The zero-order valence-electron chi connectivity index (χ0n) is 16.7. The second kappa shape index (κ2) is 9.59. The number of aromatic nitrogens is 4. The van der Waals surface area contributed by atoms with Gasteiger partial charge < -0.3 is 14.8 Å². The summed E-state index contributed by atoms with van der Waals surface area (Å²) in [5.41, 5.74) is 3.76. The Balaban J connectivity index is 1.74. The first-order valence-electron chi connectivity index (χ1n) is 9.30. The van der Waals surface area contributed by atoms with E-state index in [1.165, 1.54) is 0 Å². The van der Waals surface area contributed by atoms with Crippen molar-refractivity contribution in [3.8, 4) is 17.0 Å². The lowest BCUT2D eigenvalue weighted by atomic mass is 10.1. The molecule has 1 aromatic carbocycles. The second-order valence-corrected chi connectivity index (χ2v) is 6.33. The average Bonchev–Trinajstić information content (AvgIpc) is 2.72. The molecule has 0 aliphatic carbocycles. The number of hydrogen-bond acceptors (Lipinski definition) is 8. The van der Waals surface area contributed by atoms with Crippen LogP contribution in [0.5, 0.6) is 5.88 Å². The van der Waals surface area contributed by atoms with Crippen LogP contribution >= 0.6 is 0 Å². The van der Waals surface area contributed by atoms with Crippen molar-refractivity contribution in [1.29, 1.82) is 0 Å². The molecule has 0 atom stereocenters. The Morgan fingerprint density at radius 2 is 1.90 bits per heavy atom. The maximum Gasteiger partial charge on any atom is 0.306 e. The van der Waals surface area contributed by atoms with E-state index in [-0.39, 0.29) is 12.4 Å². The van der Waals surface area contributed by atoms with Gasteiger partial charge in [0.25, 0.3) is 0 Å². The van der Waals surface area contributed by atoms with Crippen molar-refractivity contribution in [2.45, 2.75) is 26.7 Å². The molecule has 0 amide bonds.